The highest BCUT2D eigenvalue weighted by molar-refractivity contribution is 5.69. The quantitative estimate of drug-likeness (QED) is 0.0451. The van der Waals surface area contributed by atoms with Gasteiger partial charge in [0.15, 0.2) is 0 Å². The molecule has 0 spiro atoms. The van der Waals surface area contributed by atoms with Gasteiger partial charge < -0.3 is 4.74 Å². The van der Waals surface area contributed by atoms with E-state index in [0.717, 1.165) is 25.7 Å². The van der Waals surface area contributed by atoms with Crippen molar-refractivity contribution in [3.05, 3.63) is 12.2 Å². The van der Waals surface area contributed by atoms with E-state index in [-0.39, 0.29) is 12.1 Å². The number of ether oxygens (including phenoxy) is 1. The molecular weight excluding hydrogens is 488 g/mol. The summed E-state index contributed by atoms with van der Waals surface area (Å²) in [6.45, 7) is 6.84. The highest BCUT2D eigenvalue weighted by Crippen LogP contribution is 2.19. The highest BCUT2D eigenvalue weighted by atomic mass is 16.5. The van der Waals surface area contributed by atoms with Crippen LogP contribution in [0, 0.1) is 0 Å². The molecule has 0 aromatic rings. The van der Waals surface area contributed by atoms with Crippen molar-refractivity contribution >= 4 is 5.97 Å². The van der Waals surface area contributed by atoms with Crippen LogP contribution in [0.4, 0.5) is 0 Å². The summed E-state index contributed by atoms with van der Waals surface area (Å²) in [5.74, 6) is 0.0598. The Balaban J connectivity index is 3.91. The van der Waals surface area contributed by atoms with Crippen LogP contribution >= 0.6 is 0 Å². The Morgan fingerprint density at radius 3 is 1.18 bits per heavy atom. The van der Waals surface area contributed by atoms with Crippen LogP contribution in [0.3, 0.4) is 0 Å². The Hall–Kier alpha value is -0.790. The van der Waals surface area contributed by atoms with Crippen molar-refractivity contribution in [2.75, 3.05) is 0 Å². The minimum absolute atomic E-state index is 0.0598. The number of allylic oxidation sites excluding steroid dienone is 2. The van der Waals surface area contributed by atoms with Gasteiger partial charge in [0, 0.05) is 6.42 Å². The monoisotopic (exact) mass is 563 g/mol. The molecular formula is C38H74O2. The number of unbranched alkanes of at least 4 members (excludes halogenated alkanes) is 24. The molecule has 0 aromatic carbocycles. The summed E-state index contributed by atoms with van der Waals surface area (Å²) in [5.41, 5.74) is 0. The first-order valence-corrected chi connectivity index (χ1v) is 18.6. The Labute approximate surface area is 253 Å². The van der Waals surface area contributed by atoms with Gasteiger partial charge in [0.2, 0.25) is 0 Å². The van der Waals surface area contributed by atoms with Crippen LogP contribution in [0.25, 0.3) is 0 Å². The van der Waals surface area contributed by atoms with Crippen molar-refractivity contribution in [3.63, 3.8) is 0 Å². The molecule has 0 aromatic heterocycles. The Bertz CT molecular complexity index is 512. The zero-order valence-corrected chi connectivity index (χ0v) is 28.0. The minimum atomic E-state index is 0.0598. The summed E-state index contributed by atoms with van der Waals surface area (Å²) in [6.07, 6.45) is 44.5. The fraction of sp³-hybridized carbons (Fsp3) is 0.921. The number of rotatable bonds is 33. The standard InChI is InChI=1S/C38H74O2/c1-4-7-10-13-16-18-19-20-21-22-23-25-27-30-33-36-38(39)40-37(34-31-28-15-12-9-6-3)35-32-29-26-24-17-14-11-8-5-2/h20-21,37H,4-19,22-36H2,1-3H3. The Morgan fingerprint density at radius 1 is 0.450 bits per heavy atom. The van der Waals surface area contributed by atoms with Crippen LogP contribution in [0.5, 0.6) is 0 Å². The molecule has 0 bridgehead atoms. The van der Waals surface area contributed by atoms with Crippen LogP contribution in [-0.4, -0.2) is 12.1 Å². The molecule has 0 aliphatic rings. The van der Waals surface area contributed by atoms with Gasteiger partial charge in [-0.05, 0) is 57.8 Å². The Morgan fingerprint density at radius 2 is 0.775 bits per heavy atom. The third kappa shape index (κ3) is 31.7. The van der Waals surface area contributed by atoms with E-state index in [2.05, 4.69) is 32.9 Å². The number of carbonyl (C=O) groups excluding carboxylic acids is 1. The molecule has 0 saturated heterocycles. The van der Waals surface area contributed by atoms with Crippen molar-refractivity contribution in [2.45, 2.75) is 226 Å². The fourth-order valence-corrected chi connectivity index (χ4v) is 5.68. The van der Waals surface area contributed by atoms with Gasteiger partial charge >= 0.3 is 5.97 Å². The second-order valence-corrected chi connectivity index (χ2v) is 12.6. The van der Waals surface area contributed by atoms with Gasteiger partial charge in [0.05, 0.1) is 0 Å². The first-order valence-electron chi connectivity index (χ1n) is 18.6. The van der Waals surface area contributed by atoms with Gasteiger partial charge in [0.1, 0.15) is 6.10 Å². The maximum absolute atomic E-state index is 12.6. The van der Waals surface area contributed by atoms with Gasteiger partial charge in [-0.2, -0.15) is 0 Å². The molecule has 238 valence electrons. The van der Waals surface area contributed by atoms with E-state index in [9.17, 15) is 4.79 Å². The molecule has 1 atom stereocenters. The summed E-state index contributed by atoms with van der Waals surface area (Å²) >= 11 is 0. The number of carbonyl (C=O) groups is 1. The molecule has 2 heteroatoms. The van der Waals surface area contributed by atoms with Crippen molar-refractivity contribution < 1.29 is 9.53 Å². The SMILES string of the molecule is CCCCCCCCC=CCCCCCCCC(=O)OC(CCCCCCCC)CCCCCCCCCCC. The van der Waals surface area contributed by atoms with Crippen molar-refractivity contribution in [3.8, 4) is 0 Å². The van der Waals surface area contributed by atoms with E-state index in [0.29, 0.717) is 6.42 Å². The van der Waals surface area contributed by atoms with Gasteiger partial charge in [-0.3, -0.25) is 4.79 Å². The molecule has 40 heavy (non-hydrogen) atoms. The lowest BCUT2D eigenvalue weighted by Gasteiger charge is -2.18. The fourth-order valence-electron chi connectivity index (χ4n) is 5.68. The van der Waals surface area contributed by atoms with Crippen LogP contribution in [0.1, 0.15) is 220 Å². The number of hydrogen-bond acceptors (Lipinski definition) is 2. The average Bonchev–Trinajstić information content (AvgIpc) is 2.95. The van der Waals surface area contributed by atoms with Crippen LogP contribution in [0.15, 0.2) is 12.2 Å². The molecule has 0 fully saturated rings. The van der Waals surface area contributed by atoms with E-state index in [1.54, 1.807) is 0 Å². The smallest absolute Gasteiger partial charge is 0.306 e. The Kier molecular flexibility index (Phi) is 33.7. The third-order valence-electron chi connectivity index (χ3n) is 8.45. The maximum Gasteiger partial charge on any atom is 0.306 e. The van der Waals surface area contributed by atoms with E-state index < -0.39 is 0 Å². The lowest BCUT2D eigenvalue weighted by molar-refractivity contribution is -0.150. The lowest BCUT2D eigenvalue weighted by atomic mass is 10.0. The summed E-state index contributed by atoms with van der Waals surface area (Å²) in [4.78, 5) is 12.6. The molecule has 0 aliphatic heterocycles. The van der Waals surface area contributed by atoms with Crippen LogP contribution in [0.2, 0.25) is 0 Å². The molecule has 0 radical (unpaired) electrons. The normalized spacial score (nSPS) is 12.4. The molecule has 2 nitrogen and oxygen atoms in total. The molecule has 0 amide bonds. The summed E-state index contributed by atoms with van der Waals surface area (Å²) < 4.78 is 6.02. The number of hydrogen-bond donors (Lipinski definition) is 0. The topological polar surface area (TPSA) is 26.3 Å². The molecule has 0 aliphatic carbocycles. The number of esters is 1. The van der Waals surface area contributed by atoms with Crippen molar-refractivity contribution in [1.82, 2.24) is 0 Å². The largest absolute Gasteiger partial charge is 0.462 e. The van der Waals surface area contributed by atoms with Gasteiger partial charge in [-0.25, -0.2) is 0 Å². The zero-order chi connectivity index (χ0) is 29.2. The van der Waals surface area contributed by atoms with Crippen molar-refractivity contribution in [2.24, 2.45) is 0 Å². The average molecular weight is 563 g/mol. The maximum atomic E-state index is 12.6. The summed E-state index contributed by atoms with van der Waals surface area (Å²) in [7, 11) is 0. The van der Waals surface area contributed by atoms with Gasteiger partial charge in [0.25, 0.3) is 0 Å². The van der Waals surface area contributed by atoms with E-state index >= 15 is 0 Å². The first kappa shape index (κ1) is 39.2. The molecule has 0 saturated carbocycles. The van der Waals surface area contributed by atoms with Gasteiger partial charge in [-0.15, -0.1) is 0 Å². The molecule has 1 unspecified atom stereocenters. The van der Waals surface area contributed by atoms with Crippen LogP contribution < -0.4 is 0 Å². The molecule has 0 N–H and O–H groups in total. The second kappa shape index (κ2) is 34.4. The lowest BCUT2D eigenvalue weighted by Crippen LogP contribution is -2.18. The first-order chi connectivity index (χ1) is 19.7. The predicted octanol–water partition coefficient (Wildman–Crippen LogP) is 13.6. The van der Waals surface area contributed by atoms with Crippen molar-refractivity contribution in [1.29, 1.82) is 0 Å². The molecule has 0 rings (SSSR count). The third-order valence-corrected chi connectivity index (χ3v) is 8.45. The minimum Gasteiger partial charge on any atom is -0.462 e. The predicted molar refractivity (Wildman–Crippen MR) is 179 cm³/mol. The summed E-state index contributed by atoms with van der Waals surface area (Å²) in [5, 5.41) is 0. The van der Waals surface area contributed by atoms with E-state index in [1.807, 2.05) is 0 Å². The van der Waals surface area contributed by atoms with E-state index in [4.69, 9.17) is 4.74 Å². The van der Waals surface area contributed by atoms with E-state index in [1.165, 1.54) is 167 Å². The zero-order valence-electron chi connectivity index (χ0n) is 28.0. The van der Waals surface area contributed by atoms with Gasteiger partial charge in [-0.1, -0.05) is 168 Å². The molecule has 0 heterocycles. The second-order valence-electron chi connectivity index (χ2n) is 12.6. The summed E-state index contributed by atoms with van der Waals surface area (Å²) in [6, 6.07) is 0. The van der Waals surface area contributed by atoms with Crippen LogP contribution in [-0.2, 0) is 9.53 Å². The highest BCUT2D eigenvalue weighted by Gasteiger charge is 2.14.